The number of hydrogen-bond donors (Lipinski definition) is 4. The third kappa shape index (κ3) is 13.9. The van der Waals surface area contributed by atoms with Gasteiger partial charge in [-0.3, -0.25) is 24.5 Å². The van der Waals surface area contributed by atoms with Gasteiger partial charge in [0.05, 0.1) is 54.0 Å². The zero-order chi connectivity index (χ0) is 48.4. The Morgan fingerprint density at radius 2 is 1.83 bits per heavy atom. The average molecular weight is 1060 g/mol. The lowest BCUT2D eigenvalue weighted by molar-refractivity contribution is -0.162. The fourth-order valence-electron chi connectivity index (χ4n) is 7.74. The lowest BCUT2D eigenvalue weighted by Crippen LogP contribution is -2.62. The number of aryl methyl sites for hydroxylation is 1. The number of allylic oxidation sites excluding steroid dienone is 4. The molecule has 2 fully saturated rings. The number of halogens is 3. The molecule has 65 heavy (non-hydrogen) atoms. The van der Waals surface area contributed by atoms with E-state index >= 15 is 0 Å². The number of nitrogens with zero attached hydrogens (tertiary/aromatic N) is 2. The summed E-state index contributed by atoms with van der Waals surface area (Å²) in [6, 6.07) is 2.62. The zero-order valence-electron chi connectivity index (χ0n) is 38.0. The zero-order valence-corrected chi connectivity index (χ0v) is 42.0. The number of amides is 4. The van der Waals surface area contributed by atoms with Crippen LogP contribution in [0.3, 0.4) is 0 Å². The number of epoxide rings is 1. The number of fused-ring (bicyclic) bond motifs is 5. The number of ether oxygens (including phenoxy) is 5. The predicted octanol–water partition coefficient (Wildman–Crippen LogP) is 4.93. The highest BCUT2D eigenvalue weighted by atomic mass is 79.9. The first-order valence-corrected chi connectivity index (χ1v) is 23.3. The summed E-state index contributed by atoms with van der Waals surface area (Å²) in [4.78, 5) is 81.7. The molecule has 4 N–H and O–H groups in total. The fourth-order valence-corrected chi connectivity index (χ4v) is 8.72. The number of alkyl carbamates (subject to hydrolysis) is 1. The number of ketones is 1. The third-order valence-electron chi connectivity index (χ3n) is 12.0. The van der Waals surface area contributed by atoms with Crippen molar-refractivity contribution in [2.45, 2.75) is 109 Å². The van der Waals surface area contributed by atoms with E-state index < -0.39 is 83.9 Å². The number of aliphatic hydroxyl groups excluding tert-OH is 1. The van der Waals surface area contributed by atoms with Crippen LogP contribution in [0.2, 0.25) is 5.02 Å². The number of rotatable bonds is 16. The van der Waals surface area contributed by atoms with Gasteiger partial charge < -0.3 is 49.0 Å². The first-order valence-electron chi connectivity index (χ1n) is 21.4. The Kier molecular flexibility index (Phi) is 19.8. The van der Waals surface area contributed by atoms with E-state index in [0.29, 0.717) is 30.2 Å². The second-order valence-corrected chi connectivity index (χ2v) is 18.9. The van der Waals surface area contributed by atoms with E-state index in [-0.39, 0.29) is 60.2 Å². The van der Waals surface area contributed by atoms with Crippen molar-refractivity contribution >= 4 is 84.7 Å². The van der Waals surface area contributed by atoms with Gasteiger partial charge in [-0.05, 0) is 89.6 Å². The molecule has 4 bridgehead atoms. The van der Waals surface area contributed by atoms with Crippen molar-refractivity contribution in [2.24, 2.45) is 11.8 Å². The Labute approximate surface area is 401 Å². The molecule has 0 aliphatic carbocycles. The Morgan fingerprint density at radius 3 is 2.51 bits per heavy atom. The molecule has 3 heterocycles. The van der Waals surface area contributed by atoms with Crippen LogP contribution in [0.25, 0.3) is 0 Å². The normalized spacial score (nSPS) is 28.0. The van der Waals surface area contributed by atoms with Crippen molar-refractivity contribution in [1.82, 2.24) is 15.5 Å². The van der Waals surface area contributed by atoms with Gasteiger partial charge in [-0.25, -0.2) is 9.59 Å². The number of benzene rings is 1. The number of methoxy groups -OCH3 is 1. The molecule has 1 aromatic rings. The molecule has 0 saturated carbocycles. The summed E-state index contributed by atoms with van der Waals surface area (Å²) in [5.41, 5.74) is -0.197. The molecule has 1 unspecified atom stereocenters. The quantitative estimate of drug-likeness (QED) is 0.0748. The smallest absolute Gasteiger partial charge is 0.409 e. The molecule has 360 valence electrons. The summed E-state index contributed by atoms with van der Waals surface area (Å²) in [5, 5.41) is 27.6. The Balaban J connectivity index is 1.48. The number of esters is 1. The van der Waals surface area contributed by atoms with E-state index in [2.05, 4.69) is 42.5 Å². The van der Waals surface area contributed by atoms with Gasteiger partial charge in [0.1, 0.15) is 28.3 Å². The van der Waals surface area contributed by atoms with Crippen LogP contribution in [0.4, 0.5) is 10.5 Å². The van der Waals surface area contributed by atoms with Gasteiger partial charge in [0.25, 0.3) is 5.91 Å². The summed E-state index contributed by atoms with van der Waals surface area (Å²) in [6.45, 7) is 8.72. The Morgan fingerprint density at radius 1 is 1.12 bits per heavy atom. The minimum absolute atomic E-state index is 0.0285. The number of carbonyl (C=O) groups is 6. The van der Waals surface area contributed by atoms with Crippen LogP contribution in [0.15, 0.2) is 44.9 Å². The lowest BCUT2D eigenvalue weighted by Gasteiger charge is -2.42. The number of hydrogen-bond acceptors (Lipinski definition) is 13. The number of aliphatic hydroxyl groups is 2. The maximum absolute atomic E-state index is 14.2. The minimum Gasteiger partial charge on any atom is -0.457 e. The highest BCUT2D eigenvalue weighted by Crippen LogP contribution is 2.49. The molecule has 4 amide bonds. The van der Waals surface area contributed by atoms with Crippen LogP contribution in [0.5, 0.6) is 0 Å². The number of Topliss-reactive ketones (excluding diaryl/α,β-unsaturated/α-hetero) is 1. The van der Waals surface area contributed by atoms with Gasteiger partial charge in [-0.1, -0.05) is 48.4 Å². The molecule has 0 radical (unpaired) electrons. The third-order valence-corrected chi connectivity index (χ3v) is 14.7. The van der Waals surface area contributed by atoms with Crippen molar-refractivity contribution in [3.8, 4) is 0 Å². The maximum Gasteiger partial charge on any atom is 0.409 e. The van der Waals surface area contributed by atoms with Gasteiger partial charge >= 0.3 is 12.1 Å². The largest absolute Gasteiger partial charge is 0.457 e. The number of nitrogens with one attached hydrogen (secondary N) is 2. The highest BCUT2D eigenvalue weighted by Gasteiger charge is 2.64. The SMILES string of the molecule is COCCCC(=O)/C(Br)=C(/Br)C(=O)NCCOCCC(=O)N(C)[C@@H](C)C(=O)O[C@H]1CC(=O)N(C)c2cc(cc(C)c2Cl)C/C(C)=C/C=C/[C@@H](CO)[C@@]2(O)CC(OC(=O)N2)[C@@H](C)[C@H]2O[C@]12C. The fraction of sp³-hybridized carbons (Fsp3) is 0.600. The first-order chi connectivity index (χ1) is 30.6. The van der Waals surface area contributed by atoms with Crippen molar-refractivity contribution in [3.05, 3.63) is 61.0 Å². The number of anilines is 1. The van der Waals surface area contributed by atoms with Gasteiger partial charge in [-0.2, -0.15) is 0 Å². The van der Waals surface area contributed by atoms with Crippen molar-refractivity contribution in [1.29, 1.82) is 0 Å². The monoisotopic (exact) mass is 1060 g/mol. The highest BCUT2D eigenvalue weighted by molar-refractivity contribution is 9.14. The Bertz CT molecular complexity index is 2050. The number of likely N-dealkylation sites (N-methyl/N-ethyl adjacent to an activating group) is 1. The summed E-state index contributed by atoms with van der Waals surface area (Å²) in [5.74, 6) is -3.98. The molecule has 2 saturated heterocycles. The Hall–Kier alpha value is -3.69. The molecule has 3 aliphatic heterocycles. The topological polar surface area (TPSA) is 223 Å². The van der Waals surface area contributed by atoms with Gasteiger partial charge in [-0.15, -0.1) is 0 Å². The molecule has 1 aromatic carbocycles. The van der Waals surface area contributed by atoms with E-state index in [1.54, 1.807) is 33.0 Å². The molecule has 17 nitrogen and oxygen atoms in total. The van der Waals surface area contributed by atoms with E-state index in [4.69, 9.17) is 35.3 Å². The van der Waals surface area contributed by atoms with E-state index in [1.165, 1.54) is 30.9 Å². The molecule has 4 rings (SSSR count). The minimum atomic E-state index is -1.88. The van der Waals surface area contributed by atoms with Crippen LogP contribution in [0.1, 0.15) is 70.9 Å². The molecule has 0 aromatic heterocycles. The molecule has 3 aliphatic rings. The molecular formula is C45H61Br2ClN4O13. The summed E-state index contributed by atoms with van der Waals surface area (Å²) >= 11 is 13.1. The van der Waals surface area contributed by atoms with E-state index in [0.717, 1.165) is 16.7 Å². The summed E-state index contributed by atoms with van der Waals surface area (Å²) in [7, 11) is 4.55. The lowest BCUT2D eigenvalue weighted by atomic mass is 9.81. The van der Waals surface area contributed by atoms with Gasteiger partial charge in [0.2, 0.25) is 11.8 Å². The van der Waals surface area contributed by atoms with Gasteiger partial charge in [0, 0.05) is 59.0 Å². The molecule has 0 spiro atoms. The van der Waals surface area contributed by atoms with Crippen molar-refractivity contribution in [2.75, 3.05) is 59.1 Å². The van der Waals surface area contributed by atoms with Crippen LogP contribution >= 0.6 is 43.5 Å². The van der Waals surface area contributed by atoms with Crippen LogP contribution in [0, 0.1) is 18.8 Å². The average Bonchev–Trinajstić information content (AvgIpc) is 3.96. The van der Waals surface area contributed by atoms with Crippen LogP contribution in [-0.2, 0) is 54.1 Å². The summed E-state index contributed by atoms with van der Waals surface area (Å²) in [6.07, 6.45) is 2.06. The van der Waals surface area contributed by atoms with Crippen LogP contribution in [-0.4, -0.2) is 141 Å². The van der Waals surface area contributed by atoms with Gasteiger partial charge in [0.15, 0.2) is 11.5 Å². The van der Waals surface area contributed by atoms with E-state index in [9.17, 15) is 39.0 Å². The van der Waals surface area contributed by atoms with E-state index in [1.807, 2.05) is 32.1 Å². The standard InChI is InChI=1S/C45H61Br2ClN4O13/c1-25-11-9-12-30(24-53)45(60)23-33(63-43(59)50-45)27(3)40-44(5,65-40)34(22-36(56)52(7)31-21-29(19-25)20-26(2)39(31)48)64-42(58)28(4)51(6)35(55)14-17-62-18-15-49-41(57)38(47)37(46)32(54)13-10-16-61-8/h9,11-12,20-21,27-28,30,33-34,40,53,60H,10,13-19,22-24H2,1-8H3,(H,49,57)(H,50,59)/b12-9+,25-11+,38-37-/t27-,28+,30+,33?,34+,40-,44-,45+/m1/s1. The summed E-state index contributed by atoms with van der Waals surface area (Å²) < 4.78 is 28.7. The number of carbonyl (C=O) groups excluding carboxylic acids is 6. The van der Waals surface area contributed by atoms with Crippen LogP contribution < -0.4 is 15.5 Å². The maximum atomic E-state index is 14.2. The first kappa shape index (κ1) is 53.9. The van der Waals surface area contributed by atoms with Crippen molar-refractivity contribution < 1.29 is 62.7 Å². The molecule has 8 atom stereocenters. The second-order valence-electron chi connectivity index (χ2n) is 16.9. The second kappa shape index (κ2) is 23.9. The van der Waals surface area contributed by atoms with Crippen molar-refractivity contribution in [3.63, 3.8) is 0 Å². The molecule has 20 heteroatoms. The molecular weight excluding hydrogens is 1000 g/mol. The predicted molar refractivity (Wildman–Crippen MR) is 248 cm³/mol.